The lowest BCUT2D eigenvalue weighted by Gasteiger charge is -2.06. The largest absolute Gasteiger partial charge is 0.420 e. The molecular weight excluding hydrogens is 347 g/mol. The molecule has 1 amide bonds. The number of nitrogens with zero attached hydrogens (tertiary/aromatic N) is 1. The van der Waals surface area contributed by atoms with Crippen molar-refractivity contribution >= 4 is 28.6 Å². The predicted octanol–water partition coefficient (Wildman–Crippen LogP) is 3.14. The summed E-state index contributed by atoms with van der Waals surface area (Å²) in [4.78, 5) is 23.9. The molecule has 0 aliphatic rings. The van der Waals surface area contributed by atoms with Crippen LogP contribution in [-0.2, 0) is 17.8 Å². The van der Waals surface area contributed by atoms with Gasteiger partial charge in [-0.15, -0.1) is 0 Å². The van der Waals surface area contributed by atoms with E-state index in [1.807, 2.05) is 0 Å². The van der Waals surface area contributed by atoms with E-state index in [0.717, 1.165) is 12.0 Å². The zero-order chi connectivity index (χ0) is 17.8. The van der Waals surface area contributed by atoms with Gasteiger partial charge in [0.2, 0.25) is 5.91 Å². The van der Waals surface area contributed by atoms with Crippen LogP contribution in [-0.4, -0.2) is 17.0 Å². The molecule has 130 valence electrons. The number of hydrogen-bond donors (Lipinski definition) is 1. The van der Waals surface area contributed by atoms with Gasteiger partial charge < -0.3 is 9.73 Å². The summed E-state index contributed by atoms with van der Waals surface area (Å²) in [5.74, 6) is -1.14. The maximum absolute atomic E-state index is 12.8. The fraction of sp³-hybridized carbons (Fsp3) is 0.222. The van der Waals surface area contributed by atoms with Gasteiger partial charge in [-0.05, 0) is 42.7 Å². The van der Waals surface area contributed by atoms with E-state index in [-0.39, 0.29) is 18.3 Å². The van der Waals surface area contributed by atoms with E-state index >= 15 is 0 Å². The van der Waals surface area contributed by atoms with Gasteiger partial charge in [-0.2, -0.15) is 0 Å². The van der Waals surface area contributed by atoms with Gasteiger partial charge in [0.15, 0.2) is 5.58 Å². The number of carbonyl (C=O) groups excluding carboxylic acids is 1. The smallest absolute Gasteiger partial charge is 0.408 e. The summed E-state index contributed by atoms with van der Waals surface area (Å²) < 4.78 is 19.2. The van der Waals surface area contributed by atoms with Crippen molar-refractivity contribution in [2.75, 3.05) is 6.54 Å². The molecule has 0 aliphatic carbocycles. The van der Waals surface area contributed by atoms with E-state index in [4.69, 9.17) is 16.0 Å². The number of hydrogen-bond acceptors (Lipinski definition) is 3. The summed E-state index contributed by atoms with van der Waals surface area (Å²) in [6, 6.07) is 11.1. The number of benzene rings is 2. The first kappa shape index (κ1) is 17.2. The maximum atomic E-state index is 12.8. The minimum Gasteiger partial charge on any atom is -0.408 e. The van der Waals surface area contributed by atoms with Crippen LogP contribution < -0.4 is 11.1 Å². The Morgan fingerprint density at radius 2 is 1.96 bits per heavy atom. The average Bonchev–Trinajstić information content (AvgIpc) is 2.88. The van der Waals surface area contributed by atoms with Gasteiger partial charge in [-0.25, -0.2) is 9.18 Å². The van der Waals surface area contributed by atoms with Crippen molar-refractivity contribution in [1.82, 2.24) is 9.88 Å². The average molecular weight is 363 g/mol. The molecule has 0 saturated carbocycles. The lowest BCUT2D eigenvalue weighted by molar-refractivity contribution is -0.121. The summed E-state index contributed by atoms with van der Waals surface area (Å²) in [7, 11) is 0. The summed E-state index contributed by atoms with van der Waals surface area (Å²) in [6.45, 7) is 0.344. The van der Waals surface area contributed by atoms with Gasteiger partial charge >= 0.3 is 5.76 Å². The Balaban J connectivity index is 1.53. The Kier molecular flexibility index (Phi) is 5.19. The number of nitrogens with one attached hydrogen (secondary N) is 1. The highest BCUT2D eigenvalue weighted by Crippen LogP contribution is 2.18. The Labute approximate surface area is 148 Å². The normalized spacial score (nSPS) is 11.0. The maximum Gasteiger partial charge on any atom is 0.420 e. The third-order valence-electron chi connectivity index (χ3n) is 3.81. The van der Waals surface area contributed by atoms with Crippen molar-refractivity contribution in [3.8, 4) is 0 Å². The van der Waals surface area contributed by atoms with Crippen molar-refractivity contribution in [3.63, 3.8) is 0 Å². The van der Waals surface area contributed by atoms with Crippen LogP contribution in [0.5, 0.6) is 0 Å². The van der Waals surface area contributed by atoms with Gasteiger partial charge in [-0.1, -0.05) is 23.7 Å². The van der Waals surface area contributed by atoms with Crippen LogP contribution in [0.1, 0.15) is 12.0 Å². The van der Waals surface area contributed by atoms with Crippen LogP contribution in [0, 0.1) is 5.82 Å². The Morgan fingerprint density at radius 1 is 1.20 bits per heavy atom. The molecule has 0 atom stereocenters. The van der Waals surface area contributed by atoms with E-state index in [9.17, 15) is 14.0 Å². The molecule has 0 saturated heterocycles. The first-order valence-electron chi connectivity index (χ1n) is 7.83. The van der Waals surface area contributed by atoms with Crippen LogP contribution in [0.2, 0.25) is 5.02 Å². The molecule has 1 aromatic heterocycles. The summed E-state index contributed by atoms with van der Waals surface area (Å²) in [5, 5.41) is 3.22. The second-order valence-corrected chi connectivity index (χ2v) is 6.08. The fourth-order valence-electron chi connectivity index (χ4n) is 2.56. The third-order valence-corrected chi connectivity index (χ3v) is 4.04. The zero-order valence-electron chi connectivity index (χ0n) is 13.3. The molecule has 3 aromatic rings. The molecule has 0 radical (unpaired) electrons. The number of carbonyl (C=O) groups is 1. The second kappa shape index (κ2) is 7.53. The Hall–Kier alpha value is -2.60. The van der Waals surface area contributed by atoms with E-state index in [1.165, 1.54) is 22.8 Å². The number of amides is 1. The molecule has 1 heterocycles. The lowest BCUT2D eigenvalue weighted by Crippen LogP contribution is -2.31. The number of fused-ring (bicyclic) bond motifs is 1. The topological polar surface area (TPSA) is 64.2 Å². The van der Waals surface area contributed by atoms with Crippen LogP contribution in [0.4, 0.5) is 4.39 Å². The number of rotatable bonds is 6. The van der Waals surface area contributed by atoms with E-state index in [2.05, 4.69) is 5.32 Å². The lowest BCUT2D eigenvalue weighted by atomic mass is 10.1. The molecule has 5 nitrogen and oxygen atoms in total. The summed E-state index contributed by atoms with van der Waals surface area (Å²) in [5.41, 5.74) is 1.88. The Morgan fingerprint density at radius 3 is 2.72 bits per heavy atom. The number of aryl methyl sites for hydroxylation is 1. The second-order valence-electron chi connectivity index (χ2n) is 5.65. The van der Waals surface area contributed by atoms with Gasteiger partial charge in [-0.3, -0.25) is 9.36 Å². The van der Waals surface area contributed by atoms with Crippen molar-refractivity contribution in [3.05, 3.63) is 69.4 Å². The molecular formula is C18H16ClFN2O3. The summed E-state index contributed by atoms with van der Waals surface area (Å²) >= 11 is 5.86. The van der Waals surface area contributed by atoms with Crippen LogP contribution in [0.25, 0.3) is 11.1 Å². The zero-order valence-corrected chi connectivity index (χ0v) is 14.1. The number of oxazole rings is 1. The molecule has 0 bridgehead atoms. The number of halogens is 2. The molecule has 3 rings (SSSR count). The standard InChI is InChI=1S/C18H16ClFN2O3/c19-13-5-8-15-16(10-13)25-18(24)22(15)11-17(23)21-9-1-2-12-3-6-14(20)7-4-12/h3-8,10H,1-2,9,11H2,(H,21,23). The predicted molar refractivity (Wildman–Crippen MR) is 93.2 cm³/mol. The van der Waals surface area contributed by atoms with Gasteiger partial charge in [0, 0.05) is 17.6 Å². The molecule has 25 heavy (non-hydrogen) atoms. The van der Waals surface area contributed by atoms with Crippen molar-refractivity contribution in [2.45, 2.75) is 19.4 Å². The van der Waals surface area contributed by atoms with Gasteiger partial charge in [0.1, 0.15) is 12.4 Å². The molecule has 1 N–H and O–H groups in total. The highest BCUT2D eigenvalue weighted by Gasteiger charge is 2.12. The molecule has 0 spiro atoms. The highest BCUT2D eigenvalue weighted by atomic mass is 35.5. The van der Waals surface area contributed by atoms with E-state index < -0.39 is 5.76 Å². The van der Waals surface area contributed by atoms with Crippen LogP contribution in [0.3, 0.4) is 0 Å². The van der Waals surface area contributed by atoms with Crippen LogP contribution in [0.15, 0.2) is 51.7 Å². The highest BCUT2D eigenvalue weighted by molar-refractivity contribution is 6.31. The summed E-state index contributed by atoms with van der Waals surface area (Å²) in [6.07, 6.45) is 1.45. The van der Waals surface area contributed by atoms with Crippen molar-refractivity contribution < 1.29 is 13.6 Å². The minimum atomic E-state index is -0.598. The fourth-order valence-corrected chi connectivity index (χ4v) is 2.72. The monoisotopic (exact) mass is 362 g/mol. The molecule has 0 aliphatic heterocycles. The molecule has 7 heteroatoms. The first-order valence-corrected chi connectivity index (χ1v) is 8.21. The SMILES string of the molecule is O=C(Cn1c(=O)oc2cc(Cl)ccc21)NCCCc1ccc(F)cc1. The number of aromatic nitrogens is 1. The van der Waals surface area contributed by atoms with E-state index in [0.29, 0.717) is 29.1 Å². The Bertz CT molecular complexity index is 947. The van der Waals surface area contributed by atoms with Gasteiger partial charge in [0.25, 0.3) is 0 Å². The third kappa shape index (κ3) is 4.28. The molecule has 2 aromatic carbocycles. The van der Waals surface area contributed by atoms with Gasteiger partial charge in [0.05, 0.1) is 5.52 Å². The van der Waals surface area contributed by atoms with Crippen LogP contribution >= 0.6 is 11.6 Å². The first-order chi connectivity index (χ1) is 12.0. The van der Waals surface area contributed by atoms with E-state index in [1.54, 1.807) is 24.3 Å². The molecule has 0 unspecified atom stereocenters. The minimum absolute atomic E-state index is 0.121. The van der Waals surface area contributed by atoms with Crippen molar-refractivity contribution in [2.24, 2.45) is 0 Å². The van der Waals surface area contributed by atoms with Crippen molar-refractivity contribution in [1.29, 1.82) is 0 Å². The molecule has 0 fully saturated rings. The quantitative estimate of drug-likeness (QED) is 0.685.